The predicted molar refractivity (Wildman–Crippen MR) is 116 cm³/mol. The summed E-state index contributed by atoms with van der Waals surface area (Å²) in [5.41, 5.74) is 9.27. The molecule has 0 saturated carbocycles. The summed E-state index contributed by atoms with van der Waals surface area (Å²) in [6, 6.07) is 0. The van der Waals surface area contributed by atoms with Crippen molar-refractivity contribution in [3.8, 4) is 0 Å². The standard InChI is InChI=1S/C20H27N5S2/c1-11(2)15-13-8-6-7-12(13)14-16-17(27-19(14)23-15)18(22-10-5-4-9-21)25-20(24-16)26-3/h11H,4-10,21H2,1-3H3,(H,22,24,25)/p+1. The molecule has 0 atom stereocenters. The molecule has 1 aliphatic rings. The molecular weight excluding hydrogens is 374 g/mol. The Morgan fingerprint density at radius 3 is 2.70 bits per heavy atom. The zero-order chi connectivity index (χ0) is 19.0. The Morgan fingerprint density at radius 2 is 1.96 bits per heavy atom. The molecule has 144 valence electrons. The summed E-state index contributed by atoms with van der Waals surface area (Å²) in [7, 11) is 0. The number of nitrogens with one attached hydrogen (secondary N) is 1. The minimum absolute atomic E-state index is 0.458. The van der Waals surface area contributed by atoms with Crippen LogP contribution in [0, 0.1) is 0 Å². The molecular formula is C20H28N5S2+. The number of hydrogen-bond donors (Lipinski definition) is 2. The summed E-state index contributed by atoms with van der Waals surface area (Å²) in [6.07, 6.45) is 7.81. The maximum atomic E-state index is 5.10. The number of thiophene rings is 1. The number of unbranched alkanes of at least 4 members (excludes halogenated alkanes) is 1. The number of hydrogen-bond acceptors (Lipinski definition) is 6. The van der Waals surface area contributed by atoms with Gasteiger partial charge in [-0.3, -0.25) is 0 Å². The van der Waals surface area contributed by atoms with Crippen molar-refractivity contribution in [2.24, 2.45) is 0 Å². The van der Waals surface area contributed by atoms with Crippen LogP contribution in [0.15, 0.2) is 5.16 Å². The third kappa shape index (κ3) is 3.41. The first-order valence-corrected chi connectivity index (χ1v) is 11.9. The fourth-order valence-corrected chi connectivity index (χ4v) is 5.46. The van der Waals surface area contributed by atoms with Gasteiger partial charge in [-0.1, -0.05) is 25.6 Å². The third-order valence-electron chi connectivity index (χ3n) is 5.24. The van der Waals surface area contributed by atoms with Gasteiger partial charge < -0.3 is 11.1 Å². The smallest absolute Gasteiger partial charge is 0.189 e. The van der Waals surface area contributed by atoms with E-state index in [1.54, 1.807) is 23.1 Å². The fourth-order valence-electron chi connectivity index (χ4n) is 3.97. The van der Waals surface area contributed by atoms with Crippen molar-refractivity contribution in [3.05, 3.63) is 16.8 Å². The van der Waals surface area contributed by atoms with E-state index >= 15 is 0 Å². The minimum Gasteiger partial charge on any atom is -0.369 e. The van der Waals surface area contributed by atoms with Gasteiger partial charge in [0.25, 0.3) is 0 Å². The van der Waals surface area contributed by atoms with E-state index in [1.165, 1.54) is 28.6 Å². The summed E-state index contributed by atoms with van der Waals surface area (Å²) in [5, 5.41) is 5.67. The number of nitrogens with zero attached hydrogens (tertiary/aromatic N) is 3. The molecule has 1 aliphatic carbocycles. The average Bonchev–Trinajstić information content (AvgIpc) is 3.28. The molecule has 5 nitrogen and oxygen atoms in total. The number of quaternary nitrogens is 1. The van der Waals surface area contributed by atoms with Gasteiger partial charge in [0.2, 0.25) is 0 Å². The van der Waals surface area contributed by atoms with E-state index < -0.39 is 0 Å². The lowest BCUT2D eigenvalue weighted by molar-refractivity contribution is -0.368. The van der Waals surface area contributed by atoms with Crippen LogP contribution < -0.4 is 11.1 Å². The summed E-state index contributed by atoms with van der Waals surface area (Å²) < 4.78 is 1.15. The highest BCUT2D eigenvalue weighted by Gasteiger charge is 2.25. The van der Waals surface area contributed by atoms with Crippen molar-refractivity contribution in [2.45, 2.75) is 57.0 Å². The number of pyridine rings is 1. The van der Waals surface area contributed by atoms with Gasteiger partial charge in [-0.15, -0.1) is 11.3 Å². The van der Waals surface area contributed by atoms with Crippen LogP contribution in [-0.4, -0.2) is 34.3 Å². The predicted octanol–water partition coefficient (Wildman–Crippen LogP) is 4.01. The Morgan fingerprint density at radius 1 is 1.15 bits per heavy atom. The van der Waals surface area contributed by atoms with E-state index in [4.69, 9.17) is 15.0 Å². The van der Waals surface area contributed by atoms with Gasteiger partial charge >= 0.3 is 0 Å². The first-order chi connectivity index (χ1) is 13.1. The first kappa shape index (κ1) is 18.9. The van der Waals surface area contributed by atoms with Crippen molar-refractivity contribution in [1.82, 2.24) is 15.0 Å². The van der Waals surface area contributed by atoms with Crippen molar-refractivity contribution >= 4 is 49.3 Å². The van der Waals surface area contributed by atoms with Gasteiger partial charge in [-0.05, 0) is 55.4 Å². The van der Waals surface area contributed by atoms with Gasteiger partial charge in [0, 0.05) is 17.6 Å². The minimum atomic E-state index is 0.458. The Balaban J connectivity index is 1.90. The third-order valence-corrected chi connectivity index (χ3v) is 6.87. The number of aryl methyl sites for hydroxylation is 1. The Labute approximate surface area is 168 Å². The number of fused-ring (bicyclic) bond motifs is 5. The van der Waals surface area contributed by atoms with E-state index in [1.807, 2.05) is 6.26 Å². The molecule has 7 heteroatoms. The zero-order valence-electron chi connectivity index (χ0n) is 16.4. The Kier molecular flexibility index (Phi) is 5.53. The molecule has 3 heterocycles. The molecule has 4 rings (SSSR count). The molecule has 3 aromatic heterocycles. The summed E-state index contributed by atoms with van der Waals surface area (Å²) in [4.78, 5) is 15.9. The Hall–Kier alpha value is -1.44. The van der Waals surface area contributed by atoms with E-state index in [0.29, 0.717) is 5.92 Å². The number of aromatic nitrogens is 3. The average molecular weight is 403 g/mol. The second-order valence-electron chi connectivity index (χ2n) is 7.47. The first-order valence-electron chi connectivity index (χ1n) is 9.87. The SMILES string of the molecule is CSc1nc(NCCCC[NH3+])c2sc3nc(C(C)C)c4c(c3c2n1)CCC4. The maximum absolute atomic E-state index is 5.10. The highest BCUT2D eigenvalue weighted by molar-refractivity contribution is 7.98. The molecule has 3 aromatic rings. The maximum Gasteiger partial charge on any atom is 0.189 e. The molecule has 0 fully saturated rings. The van der Waals surface area contributed by atoms with Crippen LogP contribution in [0.5, 0.6) is 0 Å². The normalized spacial score (nSPS) is 13.8. The Bertz CT molecular complexity index is 980. The van der Waals surface area contributed by atoms with Crippen LogP contribution in [0.2, 0.25) is 0 Å². The molecule has 0 spiro atoms. The van der Waals surface area contributed by atoms with E-state index in [9.17, 15) is 0 Å². The van der Waals surface area contributed by atoms with Crippen molar-refractivity contribution < 1.29 is 5.73 Å². The second-order valence-corrected chi connectivity index (χ2v) is 9.24. The lowest BCUT2D eigenvalue weighted by atomic mass is 9.99. The van der Waals surface area contributed by atoms with Crippen molar-refractivity contribution in [2.75, 3.05) is 24.7 Å². The van der Waals surface area contributed by atoms with Crippen LogP contribution in [-0.2, 0) is 12.8 Å². The molecule has 0 aliphatic heterocycles. The topological polar surface area (TPSA) is 78.3 Å². The van der Waals surface area contributed by atoms with E-state index in [-0.39, 0.29) is 0 Å². The number of rotatable bonds is 7. The molecule has 0 amide bonds. The highest BCUT2D eigenvalue weighted by Crippen LogP contribution is 2.43. The monoisotopic (exact) mass is 402 g/mol. The highest BCUT2D eigenvalue weighted by atomic mass is 32.2. The quantitative estimate of drug-likeness (QED) is 0.355. The van der Waals surface area contributed by atoms with Crippen LogP contribution in [0.3, 0.4) is 0 Å². The number of thioether (sulfide) groups is 1. The van der Waals surface area contributed by atoms with Crippen LogP contribution in [0.4, 0.5) is 5.82 Å². The van der Waals surface area contributed by atoms with Crippen LogP contribution in [0.1, 0.15) is 55.8 Å². The molecule has 0 saturated heterocycles. The van der Waals surface area contributed by atoms with Crippen molar-refractivity contribution in [1.29, 1.82) is 0 Å². The molecule has 0 bridgehead atoms. The molecule has 0 aromatic carbocycles. The summed E-state index contributed by atoms with van der Waals surface area (Å²) >= 11 is 3.36. The van der Waals surface area contributed by atoms with E-state index in [0.717, 1.165) is 64.8 Å². The molecule has 27 heavy (non-hydrogen) atoms. The summed E-state index contributed by atoms with van der Waals surface area (Å²) in [5.74, 6) is 1.42. The number of anilines is 1. The fraction of sp³-hybridized carbons (Fsp3) is 0.550. The molecule has 0 radical (unpaired) electrons. The van der Waals surface area contributed by atoms with Crippen LogP contribution in [0.25, 0.3) is 20.4 Å². The lowest BCUT2D eigenvalue weighted by Gasteiger charge is -2.12. The van der Waals surface area contributed by atoms with Gasteiger partial charge in [0.05, 0.1) is 16.8 Å². The van der Waals surface area contributed by atoms with Gasteiger partial charge in [0.15, 0.2) is 5.16 Å². The second kappa shape index (κ2) is 7.89. The molecule has 4 N–H and O–H groups in total. The van der Waals surface area contributed by atoms with Gasteiger partial charge in [0.1, 0.15) is 10.6 Å². The lowest BCUT2D eigenvalue weighted by Crippen LogP contribution is -2.50. The zero-order valence-corrected chi connectivity index (χ0v) is 18.0. The van der Waals surface area contributed by atoms with Gasteiger partial charge in [-0.25, -0.2) is 15.0 Å². The largest absolute Gasteiger partial charge is 0.369 e. The molecule has 0 unspecified atom stereocenters. The van der Waals surface area contributed by atoms with Crippen molar-refractivity contribution in [3.63, 3.8) is 0 Å². The van der Waals surface area contributed by atoms with Gasteiger partial charge in [-0.2, -0.15) is 0 Å². The summed E-state index contributed by atoms with van der Waals surface area (Å²) in [6.45, 7) is 6.41. The van der Waals surface area contributed by atoms with E-state index in [2.05, 4.69) is 24.9 Å². The van der Waals surface area contributed by atoms with Crippen LogP contribution >= 0.6 is 23.1 Å².